The normalized spacial score (nSPS) is 13.5. The number of ether oxygens (including phenoxy) is 1. The molecule has 0 spiro atoms. The molecule has 5 heteroatoms. The van der Waals surface area contributed by atoms with Gasteiger partial charge >= 0.3 is 0 Å². The van der Waals surface area contributed by atoms with Crippen molar-refractivity contribution in [3.63, 3.8) is 0 Å². The van der Waals surface area contributed by atoms with Gasteiger partial charge in [0.2, 0.25) is 5.88 Å². The molecule has 3 aromatic rings. The zero-order valence-corrected chi connectivity index (χ0v) is 16.2. The largest absolute Gasteiger partial charge is 0.437 e. The number of para-hydroxylation sites is 1. The Kier molecular flexibility index (Phi) is 4.41. The van der Waals surface area contributed by atoms with Crippen molar-refractivity contribution >= 4 is 22.2 Å². The van der Waals surface area contributed by atoms with E-state index in [1.165, 1.54) is 17.0 Å². The van der Waals surface area contributed by atoms with Gasteiger partial charge in [-0.1, -0.05) is 39.0 Å². The third-order valence-electron chi connectivity index (χ3n) is 4.51. The number of aryl methyl sites for hydroxylation is 2. The van der Waals surface area contributed by atoms with E-state index in [1.807, 2.05) is 30.3 Å². The number of hydrogen-bond donors (Lipinski definition) is 1. The number of aromatic nitrogens is 2. The molecule has 1 aliphatic carbocycles. The van der Waals surface area contributed by atoms with E-state index >= 15 is 0 Å². The van der Waals surface area contributed by atoms with Gasteiger partial charge in [0.1, 0.15) is 11.4 Å². The average molecular weight is 366 g/mol. The van der Waals surface area contributed by atoms with Gasteiger partial charge in [-0.15, -0.1) is 11.3 Å². The highest BCUT2D eigenvalue weighted by molar-refractivity contribution is 7.15. The highest BCUT2D eigenvalue weighted by Crippen LogP contribution is 2.37. The van der Waals surface area contributed by atoms with Crippen LogP contribution >= 0.6 is 11.3 Å². The molecule has 0 amide bonds. The van der Waals surface area contributed by atoms with Gasteiger partial charge in [0.05, 0.1) is 5.69 Å². The minimum atomic E-state index is -0.00488. The predicted molar refractivity (Wildman–Crippen MR) is 107 cm³/mol. The number of anilines is 2. The maximum Gasteiger partial charge on any atom is 0.243 e. The molecule has 4 nitrogen and oxygen atoms in total. The fraction of sp³-hybridized carbons (Fsp3) is 0.333. The van der Waals surface area contributed by atoms with E-state index in [-0.39, 0.29) is 5.41 Å². The molecular formula is C21H23N3OS. The van der Waals surface area contributed by atoms with Crippen molar-refractivity contribution in [2.24, 2.45) is 0 Å². The number of rotatable bonds is 4. The third-order valence-corrected chi connectivity index (χ3v) is 5.58. The quantitative estimate of drug-likeness (QED) is 0.629. The molecule has 0 radical (unpaired) electrons. The molecule has 0 saturated carbocycles. The second-order valence-electron chi connectivity index (χ2n) is 7.57. The first kappa shape index (κ1) is 17.0. The van der Waals surface area contributed by atoms with Crippen LogP contribution in [0.15, 0.2) is 42.6 Å². The second-order valence-corrected chi connectivity index (χ2v) is 8.66. The molecule has 2 aromatic heterocycles. The molecule has 4 rings (SSSR count). The zero-order chi connectivity index (χ0) is 18.1. The summed E-state index contributed by atoms with van der Waals surface area (Å²) in [6.07, 6.45) is 5.20. The van der Waals surface area contributed by atoms with Crippen LogP contribution in [0.2, 0.25) is 0 Å². The number of pyridine rings is 1. The lowest BCUT2D eigenvalue weighted by Crippen LogP contribution is -2.12. The first-order valence-electron chi connectivity index (χ1n) is 8.99. The van der Waals surface area contributed by atoms with E-state index in [2.05, 4.69) is 37.1 Å². The molecule has 0 saturated heterocycles. The van der Waals surface area contributed by atoms with E-state index in [0.717, 1.165) is 35.0 Å². The number of nitrogens with one attached hydrogen (secondary N) is 1. The molecule has 26 heavy (non-hydrogen) atoms. The molecule has 0 aliphatic heterocycles. The van der Waals surface area contributed by atoms with Crippen molar-refractivity contribution in [2.45, 2.75) is 45.4 Å². The van der Waals surface area contributed by atoms with Crippen molar-refractivity contribution < 1.29 is 4.74 Å². The Bertz CT molecular complexity index is 906. The highest BCUT2D eigenvalue weighted by Gasteiger charge is 2.21. The van der Waals surface area contributed by atoms with Gasteiger partial charge in [0.25, 0.3) is 0 Å². The number of benzene rings is 1. The Balaban J connectivity index is 1.62. The molecular weight excluding hydrogens is 342 g/mol. The standard InChI is InChI=1S/C21H23N3OS/c1-21(2,3)14-8-4-5-11-17(14)25-19-16(10-7-13-22-19)24-20-23-15-9-6-12-18(15)26-20/h4-5,7-8,10-11,13H,6,9,12H2,1-3H3,(H,23,24). The van der Waals surface area contributed by atoms with Crippen LogP contribution in [0.3, 0.4) is 0 Å². The monoisotopic (exact) mass is 365 g/mol. The van der Waals surface area contributed by atoms with E-state index in [9.17, 15) is 0 Å². The fourth-order valence-corrected chi connectivity index (χ4v) is 4.27. The second kappa shape index (κ2) is 6.72. The molecule has 134 valence electrons. The number of fused-ring (bicyclic) bond motifs is 1. The Morgan fingerprint density at radius 3 is 2.73 bits per heavy atom. The molecule has 1 aromatic carbocycles. The van der Waals surface area contributed by atoms with Crippen LogP contribution < -0.4 is 10.1 Å². The van der Waals surface area contributed by atoms with E-state index in [0.29, 0.717) is 5.88 Å². The Morgan fingerprint density at radius 2 is 1.92 bits per heavy atom. The summed E-state index contributed by atoms with van der Waals surface area (Å²) in [5, 5.41) is 4.31. The van der Waals surface area contributed by atoms with Gasteiger partial charge < -0.3 is 10.1 Å². The van der Waals surface area contributed by atoms with Gasteiger partial charge in [0.15, 0.2) is 5.13 Å². The van der Waals surface area contributed by atoms with Gasteiger partial charge in [-0.2, -0.15) is 0 Å². The molecule has 0 unspecified atom stereocenters. The molecule has 0 bridgehead atoms. The smallest absolute Gasteiger partial charge is 0.243 e. The first-order valence-corrected chi connectivity index (χ1v) is 9.80. The van der Waals surface area contributed by atoms with Crippen LogP contribution in [-0.4, -0.2) is 9.97 Å². The maximum absolute atomic E-state index is 6.22. The summed E-state index contributed by atoms with van der Waals surface area (Å²) in [7, 11) is 0. The van der Waals surface area contributed by atoms with Crippen LogP contribution in [0.4, 0.5) is 10.8 Å². The highest BCUT2D eigenvalue weighted by atomic mass is 32.1. The van der Waals surface area contributed by atoms with Gasteiger partial charge in [-0.05, 0) is 42.9 Å². The van der Waals surface area contributed by atoms with Crippen LogP contribution in [0.1, 0.15) is 43.3 Å². The van der Waals surface area contributed by atoms with Crippen LogP contribution in [0, 0.1) is 0 Å². The summed E-state index contributed by atoms with van der Waals surface area (Å²) in [4.78, 5) is 10.6. The summed E-state index contributed by atoms with van der Waals surface area (Å²) < 4.78 is 6.22. The van der Waals surface area contributed by atoms with Crippen molar-refractivity contribution in [3.05, 3.63) is 58.7 Å². The van der Waals surface area contributed by atoms with E-state index < -0.39 is 0 Å². The zero-order valence-electron chi connectivity index (χ0n) is 15.4. The topological polar surface area (TPSA) is 47.0 Å². The van der Waals surface area contributed by atoms with E-state index in [1.54, 1.807) is 17.5 Å². The lowest BCUT2D eigenvalue weighted by molar-refractivity contribution is 0.442. The lowest BCUT2D eigenvalue weighted by atomic mass is 9.86. The molecule has 1 N–H and O–H groups in total. The number of hydrogen-bond acceptors (Lipinski definition) is 5. The third kappa shape index (κ3) is 3.44. The number of nitrogens with zero attached hydrogens (tertiary/aromatic N) is 2. The van der Waals surface area contributed by atoms with Gasteiger partial charge in [-0.3, -0.25) is 0 Å². The first-order chi connectivity index (χ1) is 12.5. The SMILES string of the molecule is CC(C)(C)c1ccccc1Oc1ncccc1Nc1nc2c(s1)CCC2. The molecule has 1 aliphatic rings. The van der Waals surface area contributed by atoms with Gasteiger partial charge in [-0.25, -0.2) is 9.97 Å². The summed E-state index contributed by atoms with van der Waals surface area (Å²) in [5.74, 6) is 1.41. The van der Waals surface area contributed by atoms with Crippen LogP contribution in [-0.2, 0) is 18.3 Å². The molecule has 0 atom stereocenters. The van der Waals surface area contributed by atoms with Crippen LogP contribution in [0.5, 0.6) is 11.6 Å². The molecule has 0 fully saturated rings. The van der Waals surface area contributed by atoms with Crippen molar-refractivity contribution in [3.8, 4) is 11.6 Å². The predicted octanol–water partition coefficient (Wildman–Crippen LogP) is 5.86. The summed E-state index contributed by atoms with van der Waals surface area (Å²) >= 11 is 1.73. The molecule has 2 heterocycles. The summed E-state index contributed by atoms with van der Waals surface area (Å²) in [6.45, 7) is 6.55. The summed E-state index contributed by atoms with van der Waals surface area (Å²) in [6, 6.07) is 12.0. The van der Waals surface area contributed by atoms with E-state index in [4.69, 9.17) is 9.72 Å². The number of thiazole rings is 1. The minimum Gasteiger partial charge on any atom is -0.437 e. The van der Waals surface area contributed by atoms with Crippen molar-refractivity contribution in [1.82, 2.24) is 9.97 Å². The van der Waals surface area contributed by atoms with Gasteiger partial charge in [0, 0.05) is 16.6 Å². The van der Waals surface area contributed by atoms with Crippen LogP contribution in [0.25, 0.3) is 0 Å². The summed E-state index contributed by atoms with van der Waals surface area (Å²) in [5.41, 5.74) is 3.23. The Labute approximate surface area is 158 Å². The Morgan fingerprint density at radius 1 is 1.08 bits per heavy atom. The Hall–Kier alpha value is -2.40. The van der Waals surface area contributed by atoms with Crippen molar-refractivity contribution in [2.75, 3.05) is 5.32 Å². The average Bonchev–Trinajstić information content (AvgIpc) is 3.18. The lowest BCUT2D eigenvalue weighted by Gasteiger charge is -2.22. The minimum absolute atomic E-state index is 0.00488. The maximum atomic E-state index is 6.22. The van der Waals surface area contributed by atoms with Crippen molar-refractivity contribution in [1.29, 1.82) is 0 Å². The fourth-order valence-electron chi connectivity index (χ4n) is 3.21.